The maximum atomic E-state index is 12.7. The van der Waals surface area contributed by atoms with Gasteiger partial charge in [0.1, 0.15) is 0 Å². The second-order valence-electron chi connectivity index (χ2n) is 6.27. The van der Waals surface area contributed by atoms with Crippen LogP contribution in [0.5, 0.6) is 0 Å². The Morgan fingerprint density at radius 3 is 2.79 bits per heavy atom. The zero-order valence-electron chi connectivity index (χ0n) is 13.5. The van der Waals surface area contributed by atoms with E-state index in [1.807, 2.05) is 6.92 Å². The Balaban J connectivity index is 1.69. The van der Waals surface area contributed by atoms with Crippen molar-refractivity contribution >= 4 is 31.9 Å². The van der Waals surface area contributed by atoms with Gasteiger partial charge in [0.15, 0.2) is 0 Å². The second kappa shape index (κ2) is 7.11. The largest absolute Gasteiger partial charge is 0.375 e. The lowest BCUT2D eigenvalue weighted by Gasteiger charge is -2.32. The third-order valence-electron chi connectivity index (χ3n) is 4.49. The Morgan fingerprint density at radius 2 is 2.08 bits per heavy atom. The minimum atomic E-state index is -3.56. The summed E-state index contributed by atoms with van der Waals surface area (Å²) in [6.45, 7) is 4.27. The van der Waals surface area contributed by atoms with E-state index in [4.69, 9.17) is 4.74 Å². The zero-order valence-corrected chi connectivity index (χ0v) is 15.9. The van der Waals surface area contributed by atoms with Crippen molar-refractivity contribution in [2.45, 2.75) is 24.3 Å². The molecular weight excluding hydrogens is 396 g/mol. The first kappa shape index (κ1) is 17.8. The van der Waals surface area contributed by atoms with Crippen LogP contribution in [0.4, 0.5) is 0 Å². The molecule has 2 saturated heterocycles. The fourth-order valence-corrected chi connectivity index (χ4v) is 5.30. The molecule has 1 aromatic rings. The van der Waals surface area contributed by atoms with E-state index in [1.54, 1.807) is 29.2 Å². The number of carbonyl (C=O) groups excluding carboxylic acids is 1. The van der Waals surface area contributed by atoms with Crippen molar-refractivity contribution in [1.82, 2.24) is 9.21 Å². The monoisotopic (exact) mass is 416 g/mol. The predicted octanol–water partition coefficient (Wildman–Crippen LogP) is 1.71. The summed E-state index contributed by atoms with van der Waals surface area (Å²) in [5.41, 5.74) is 0. The Kier molecular flexibility index (Phi) is 5.29. The first-order chi connectivity index (χ1) is 11.4. The van der Waals surface area contributed by atoms with Crippen LogP contribution >= 0.6 is 15.9 Å². The topological polar surface area (TPSA) is 66.9 Å². The van der Waals surface area contributed by atoms with E-state index in [0.29, 0.717) is 32.7 Å². The number of sulfonamides is 1. The van der Waals surface area contributed by atoms with E-state index < -0.39 is 10.0 Å². The molecule has 2 unspecified atom stereocenters. The van der Waals surface area contributed by atoms with Gasteiger partial charge in [0.25, 0.3) is 0 Å². The molecular formula is C16H21BrN2O4S. The molecule has 1 amide bonds. The number of hydrogen-bond donors (Lipinski definition) is 0. The van der Waals surface area contributed by atoms with Crippen molar-refractivity contribution in [3.05, 3.63) is 28.7 Å². The average Bonchev–Trinajstić information content (AvgIpc) is 3.05. The standard InChI is InChI=1S/C16H21BrN2O4S/c1-12-10-18(7-8-23-12)16(20)13-5-6-19(11-13)24(21,22)15-4-2-3-14(17)9-15/h2-4,9,12-13H,5-8,10-11H2,1H3. The van der Waals surface area contributed by atoms with Crippen LogP contribution in [0.3, 0.4) is 0 Å². The number of carbonyl (C=O) groups is 1. The van der Waals surface area contributed by atoms with E-state index in [2.05, 4.69) is 15.9 Å². The van der Waals surface area contributed by atoms with Crippen molar-refractivity contribution < 1.29 is 17.9 Å². The molecule has 0 saturated carbocycles. The highest BCUT2D eigenvalue weighted by atomic mass is 79.9. The van der Waals surface area contributed by atoms with Crippen molar-refractivity contribution in [2.24, 2.45) is 5.92 Å². The minimum absolute atomic E-state index is 0.0330. The maximum absolute atomic E-state index is 12.7. The summed E-state index contributed by atoms with van der Waals surface area (Å²) in [7, 11) is -3.56. The lowest BCUT2D eigenvalue weighted by atomic mass is 10.1. The van der Waals surface area contributed by atoms with Gasteiger partial charge in [-0.1, -0.05) is 22.0 Å². The highest BCUT2D eigenvalue weighted by Crippen LogP contribution is 2.27. The predicted molar refractivity (Wildman–Crippen MR) is 93.0 cm³/mol. The van der Waals surface area contributed by atoms with Gasteiger partial charge in [-0.25, -0.2) is 8.42 Å². The molecule has 8 heteroatoms. The Labute approximate surface area is 150 Å². The molecule has 2 fully saturated rings. The summed E-state index contributed by atoms with van der Waals surface area (Å²) in [5.74, 6) is -0.227. The number of benzene rings is 1. The highest BCUT2D eigenvalue weighted by Gasteiger charge is 2.38. The van der Waals surface area contributed by atoms with Gasteiger partial charge in [-0.15, -0.1) is 0 Å². The van der Waals surface area contributed by atoms with Crippen LogP contribution in [-0.4, -0.2) is 62.4 Å². The van der Waals surface area contributed by atoms with Crippen molar-refractivity contribution in [3.63, 3.8) is 0 Å². The molecule has 0 bridgehead atoms. The summed E-state index contributed by atoms with van der Waals surface area (Å²) in [4.78, 5) is 14.7. The molecule has 2 heterocycles. The van der Waals surface area contributed by atoms with Gasteiger partial charge in [-0.3, -0.25) is 4.79 Å². The Bertz CT molecular complexity index is 725. The van der Waals surface area contributed by atoms with Crippen molar-refractivity contribution in [3.8, 4) is 0 Å². The Morgan fingerprint density at radius 1 is 1.29 bits per heavy atom. The van der Waals surface area contributed by atoms with E-state index >= 15 is 0 Å². The first-order valence-corrected chi connectivity index (χ1v) is 10.3. The number of nitrogens with zero attached hydrogens (tertiary/aromatic N) is 2. The van der Waals surface area contributed by atoms with Crippen LogP contribution in [-0.2, 0) is 19.6 Å². The summed E-state index contributed by atoms with van der Waals surface area (Å²) in [6, 6.07) is 6.66. The Hall–Kier alpha value is -0.960. The molecule has 3 rings (SSSR count). The molecule has 132 valence electrons. The second-order valence-corrected chi connectivity index (χ2v) is 9.13. The summed E-state index contributed by atoms with van der Waals surface area (Å²) in [5, 5.41) is 0. The molecule has 2 aliphatic heterocycles. The maximum Gasteiger partial charge on any atom is 0.243 e. The fraction of sp³-hybridized carbons (Fsp3) is 0.562. The highest BCUT2D eigenvalue weighted by molar-refractivity contribution is 9.10. The molecule has 2 aliphatic rings. The summed E-state index contributed by atoms with van der Waals surface area (Å²) < 4.78 is 33.1. The van der Waals surface area contributed by atoms with Crippen LogP contribution in [0.2, 0.25) is 0 Å². The van der Waals surface area contributed by atoms with Gasteiger partial charge in [-0.05, 0) is 31.5 Å². The van der Waals surface area contributed by atoms with Gasteiger partial charge in [0.2, 0.25) is 15.9 Å². The fourth-order valence-electron chi connectivity index (χ4n) is 3.20. The first-order valence-electron chi connectivity index (χ1n) is 8.04. The number of amides is 1. The number of halogens is 1. The van der Waals surface area contributed by atoms with E-state index in [9.17, 15) is 13.2 Å². The number of rotatable bonds is 3. The molecule has 0 aliphatic carbocycles. The van der Waals surface area contributed by atoms with Gasteiger partial charge in [-0.2, -0.15) is 4.31 Å². The van der Waals surface area contributed by atoms with Crippen LogP contribution in [0.1, 0.15) is 13.3 Å². The lowest BCUT2D eigenvalue weighted by molar-refractivity contribution is -0.141. The molecule has 6 nitrogen and oxygen atoms in total. The zero-order chi connectivity index (χ0) is 17.3. The third kappa shape index (κ3) is 3.66. The van der Waals surface area contributed by atoms with E-state index in [1.165, 1.54) is 4.31 Å². The van der Waals surface area contributed by atoms with Crippen LogP contribution in [0.25, 0.3) is 0 Å². The number of ether oxygens (including phenoxy) is 1. The molecule has 2 atom stereocenters. The lowest BCUT2D eigenvalue weighted by Crippen LogP contribution is -2.47. The van der Waals surface area contributed by atoms with Crippen molar-refractivity contribution in [1.29, 1.82) is 0 Å². The SMILES string of the molecule is CC1CN(C(=O)C2CCN(S(=O)(=O)c3cccc(Br)c3)C2)CCO1. The molecule has 0 spiro atoms. The molecule has 0 aromatic heterocycles. The van der Waals surface area contributed by atoms with Crippen molar-refractivity contribution in [2.75, 3.05) is 32.8 Å². The van der Waals surface area contributed by atoms with Crippen LogP contribution < -0.4 is 0 Å². The number of hydrogen-bond acceptors (Lipinski definition) is 4. The molecule has 1 aromatic carbocycles. The van der Waals surface area contributed by atoms with E-state index in [-0.39, 0.29) is 29.4 Å². The van der Waals surface area contributed by atoms with Crippen LogP contribution in [0, 0.1) is 5.92 Å². The normalized spacial score (nSPS) is 25.8. The van der Waals surface area contributed by atoms with E-state index in [0.717, 1.165) is 4.47 Å². The van der Waals surface area contributed by atoms with Gasteiger partial charge < -0.3 is 9.64 Å². The van der Waals surface area contributed by atoms with Crippen LogP contribution in [0.15, 0.2) is 33.6 Å². The third-order valence-corrected chi connectivity index (χ3v) is 6.84. The molecule has 0 radical (unpaired) electrons. The quantitative estimate of drug-likeness (QED) is 0.751. The smallest absolute Gasteiger partial charge is 0.243 e. The molecule has 24 heavy (non-hydrogen) atoms. The number of morpholine rings is 1. The average molecular weight is 417 g/mol. The molecule has 0 N–H and O–H groups in total. The van der Waals surface area contributed by atoms with Gasteiger partial charge >= 0.3 is 0 Å². The van der Waals surface area contributed by atoms with Gasteiger partial charge in [0.05, 0.1) is 23.5 Å². The van der Waals surface area contributed by atoms with Gasteiger partial charge in [0, 0.05) is 30.7 Å². The summed E-state index contributed by atoms with van der Waals surface area (Å²) >= 11 is 3.30. The minimum Gasteiger partial charge on any atom is -0.375 e. The summed E-state index contributed by atoms with van der Waals surface area (Å²) in [6.07, 6.45) is 0.600.